The molecule has 10 heteroatoms. The van der Waals surface area contributed by atoms with E-state index in [2.05, 4.69) is 15.6 Å². The molecule has 1 aromatic heterocycles. The van der Waals surface area contributed by atoms with Gasteiger partial charge in [-0.25, -0.2) is 19.4 Å². The van der Waals surface area contributed by atoms with Crippen LogP contribution in [0.5, 0.6) is 0 Å². The highest BCUT2D eigenvalue weighted by Gasteiger charge is 2.32. The fraction of sp³-hybridized carbons (Fsp3) is 0.364. The molecule has 3 rings (SSSR count). The van der Waals surface area contributed by atoms with Crippen molar-refractivity contribution in [2.75, 3.05) is 13.2 Å². The molecule has 1 aromatic carbocycles. The van der Waals surface area contributed by atoms with Gasteiger partial charge in [0.05, 0.1) is 40.2 Å². The number of thiazole rings is 1. The summed E-state index contributed by atoms with van der Waals surface area (Å²) in [6.45, 7) is 5.48. The zero-order valence-electron chi connectivity index (χ0n) is 18.1. The van der Waals surface area contributed by atoms with E-state index in [9.17, 15) is 14.4 Å². The molecule has 0 aliphatic carbocycles. The molecule has 2 N–H and O–H groups in total. The number of urea groups is 1. The zero-order chi connectivity index (χ0) is 23.1. The summed E-state index contributed by atoms with van der Waals surface area (Å²) in [5, 5.41) is 8.32. The number of esters is 2. The molecular formula is C22H25N3O5S2. The molecule has 8 nitrogen and oxygen atoms in total. The Bertz CT molecular complexity index is 1020. The van der Waals surface area contributed by atoms with Crippen molar-refractivity contribution in [3.8, 4) is 0 Å². The Hall–Kier alpha value is -2.85. The maximum Gasteiger partial charge on any atom is 0.338 e. The predicted octanol–water partition coefficient (Wildman–Crippen LogP) is 3.81. The molecule has 0 radical (unpaired) electrons. The molecule has 1 aliphatic rings. The lowest BCUT2D eigenvalue weighted by Gasteiger charge is -2.28. The highest BCUT2D eigenvalue weighted by Crippen LogP contribution is 2.24. The van der Waals surface area contributed by atoms with E-state index < -0.39 is 24.0 Å². The van der Waals surface area contributed by atoms with E-state index in [1.54, 1.807) is 42.2 Å². The Morgan fingerprint density at radius 3 is 2.53 bits per heavy atom. The molecule has 1 aliphatic heterocycles. The second-order valence-corrected chi connectivity index (χ2v) is 9.03. The van der Waals surface area contributed by atoms with E-state index in [0.717, 1.165) is 21.3 Å². The van der Waals surface area contributed by atoms with Gasteiger partial charge in [-0.1, -0.05) is 6.92 Å². The van der Waals surface area contributed by atoms with Gasteiger partial charge >= 0.3 is 18.0 Å². The lowest BCUT2D eigenvalue weighted by atomic mass is 10.0. The van der Waals surface area contributed by atoms with Crippen molar-refractivity contribution in [2.24, 2.45) is 0 Å². The Morgan fingerprint density at radius 2 is 1.91 bits per heavy atom. The number of thioether (sulfide) groups is 1. The fourth-order valence-electron chi connectivity index (χ4n) is 3.12. The summed E-state index contributed by atoms with van der Waals surface area (Å²) in [4.78, 5) is 42.3. The quantitative estimate of drug-likeness (QED) is 0.420. The summed E-state index contributed by atoms with van der Waals surface area (Å²) < 4.78 is 10.5. The summed E-state index contributed by atoms with van der Waals surface area (Å²) in [5.41, 5.74) is 1.91. The molecule has 0 bridgehead atoms. The maximum atomic E-state index is 12.5. The third-order valence-corrected chi connectivity index (χ3v) is 6.51. The van der Waals surface area contributed by atoms with Crippen LogP contribution < -0.4 is 10.6 Å². The Kier molecular flexibility index (Phi) is 8.29. The van der Waals surface area contributed by atoms with Gasteiger partial charge < -0.3 is 20.1 Å². The van der Waals surface area contributed by atoms with Gasteiger partial charge in [0, 0.05) is 16.0 Å². The monoisotopic (exact) mass is 475 g/mol. The van der Waals surface area contributed by atoms with E-state index in [4.69, 9.17) is 9.47 Å². The van der Waals surface area contributed by atoms with E-state index in [0.29, 0.717) is 12.0 Å². The molecular weight excluding hydrogens is 450 g/mol. The first-order valence-electron chi connectivity index (χ1n) is 10.2. The molecule has 2 heterocycles. The van der Waals surface area contributed by atoms with Crippen molar-refractivity contribution in [1.29, 1.82) is 0 Å². The number of carbonyl (C=O) groups excluding carboxylic acids is 3. The van der Waals surface area contributed by atoms with Crippen molar-refractivity contribution < 1.29 is 23.9 Å². The standard InChI is InChI=1S/C22H25N3O5S2/c1-4-17-19(21(27)29-5-2)18(25-22(28)24-17)10-30-20(26)14-6-8-16(9-7-14)32-12-15-11-31-13(3)23-15/h6-9,11,17H,4-5,10,12H2,1-3H3,(H2,24,25,28). The first kappa shape index (κ1) is 23.8. The van der Waals surface area contributed by atoms with E-state index in [1.807, 2.05) is 31.4 Å². The smallest absolute Gasteiger partial charge is 0.338 e. The second kappa shape index (κ2) is 11.1. The number of rotatable bonds is 9. The number of nitrogens with zero attached hydrogens (tertiary/aromatic N) is 1. The van der Waals surface area contributed by atoms with Crippen molar-refractivity contribution in [3.63, 3.8) is 0 Å². The minimum Gasteiger partial charge on any atom is -0.463 e. The van der Waals surface area contributed by atoms with E-state index in [-0.39, 0.29) is 24.5 Å². The highest BCUT2D eigenvalue weighted by molar-refractivity contribution is 7.98. The van der Waals surface area contributed by atoms with Crippen LogP contribution in [0.3, 0.4) is 0 Å². The number of hydrogen-bond donors (Lipinski definition) is 2. The largest absolute Gasteiger partial charge is 0.463 e. The number of hydrogen-bond acceptors (Lipinski definition) is 8. The Morgan fingerprint density at radius 1 is 1.16 bits per heavy atom. The third kappa shape index (κ3) is 6.10. The van der Waals surface area contributed by atoms with Gasteiger partial charge in [-0.3, -0.25) is 0 Å². The summed E-state index contributed by atoms with van der Waals surface area (Å²) >= 11 is 3.25. The van der Waals surface area contributed by atoms with Gasteiger partial charge in [0.15, 0.2) is 0 Å². The summed E-state index contributed by atoms with van der Waals surface area (Å²) in [6.07, 6.45) is 0.499. The maximum absolute atomic E-state index is 12.5. The van der Waals surface area contributed by atoms with Gasteiger partial charge in [-0.15, -0.1) is 23.1 Å². The summed E-state index contributed by atoms with van der Waals surface area (Å²) in [7, 11) is 0. The molecule has 0 saturated heterocycles. The molecule has 1 unspecified atom stereocenters. The molecule has 0 saturated carbocycles. The number of nitrogens with one attached hydrogen (secondary N) is 2. The topological polar surface area (TPSA) is 107 Å². The van der Waals surface area contributed by atoms with Gasteiger partial charge in [0.25, 0.3) is 0 Å². The van der Waals surface area contributed by atoms with Crippen LogP contribution in [0.2, 0.25) is 0 Å². The van der Waals surface area contributed by atoms with Crippen LogP contribution in [0.4, 0.5) is 4.79 Å². The van der Waals surface area contributed by atoms with Gasteiger partial charge in [-0.2, -0.15) is 0 Å². The van der Waals surface area contributed by atoms with Crippen LogP contribution in [-0.4, -0.2) is 42.2 Å². The third-order valence-electron chi connectivity index (χ3n) is 4.64. The van der Waals surface area contributed by atoms with Gasteiger partial charge in [0.1, 0.15) is 6.61 Å². The van der Waals surface area contributed by atoms with Crippen LogP contribution in [0.25, 0.3) is 0 Å². The SMILES string of the molecule is CCOC(=O)C1=C(COC(=O)c2ccc(SCc3csc(C)n3)cc2)NC(=O)NC1CC. The number of aromatic nitrogens is 1. The molecule has 2 aromatic rings. The molecule has 0 fully saturated rings. The number of benzene rings is 1. The Labute approximate surface area is 194 Å². The zero-order valence-corrected chi connectivity index (χ0v) is 19.7. The normalized spacial score (nSPS) is 15.7. The van der Waals surface area contributed by atoms with Crippen LogP contribution in [0.1, 0.15) is 41.3 Å². The summed E-state index contributed by atoms with van der Waals surface area (Å²) in [6, 6.07) is 6.12. The minimum absolute atomic E-state index is 0.201. The first-order chi connectivity index (χ1) is 15.4. The van der Waals surface area contributed by atoms with Crippen molar-refractivity contribution in [2.45, 2.75) is 43.9 Å². The molecule has 1 atom stereocenters. The lowest BCUT2D eigenvalue weighted by Crippen LogP contribution is -2.51. The predicted molar refractivity (Wildman–Crippen MR) is 123 cm³/mol. The van der Waals surface area contributed by atoms with Crippen LogP contribution in [0.15, 0.2) is 45.8 Å². The molecule has 0 spiro atoms. The molecule has 32 heavy (non-hydrogen) atoms. The lowest BCUT2D eigenvalue weighted by molar-refractivity contribution is -0.139. The molecule has 170 valence electrons. The first-order valence-corrected chi connectivity index (χ1v) is 12.1. The number of ether oxygens (including phenoxy) is 2. The van der Waals surface area contributed by atoms with Crippen molar-refractivity contribution in [3.05, 3.63) is 57.2 Å². The second-order valence-electron chi connectivity index (χ2n) is 6.92. The van der Waals surface area contributed by atoms with Crippen LogP contribution in [0, 0.1) is 6.92 Å². The van der Waals surface area contributed by atoms with Crippen LogP contribution in [-0.2, 0) is 20.0 Å². The van der Waals surface area contributed by atoms with Crippen molar-refractivity contribution >= 4 is 41.1 Å². The highest BCUT2D eigenvalue weighted by atomic mass is 32.2. The molecule has 2 amide bonds. The average molecular weight is 476 g/mol. The number of carbonyl (C=O) groups is 3. The van der Waals surface area contributed by atoms with E-state index in [1.165, 1.54) is 0 Å². The van der Waals surface area contributed by atoms with Crippen molar-refractivity contribution in [1.82, 2.24) is 15.6 Å². The Balaban J connectivity index is 1.63. The number of amides is 2. The van der Waals surface area contributed by atoms with Gasteiger partial charge in [-0.05, 0) is 44.5 Å². The van der Waals surface area contributed by atoms with Gasteiger partial charge in [0.2, 0.25) is 0 Å². The minimum atomic E-state index is -0.548. The fourth-order valence-corrected chi connectivity index (χ4v) is 4.62. The van der Waals surface area contributed by atoms with Crippen LogP contribution >= 0.6 is 23.1 Å². The summed E-state index contributed by atoms with van der Waals surface area (Å²) in [5.74, 6) is -0.339. The average Bonchev–Trinajstić information content (AvgIpc) is 3.21. The number of aryl methyl sites for hydroxylation is 1. The van der Waals surface area contributed by atoms with E-state index >= 15 is 0 Å².